The second-order valence-corrected chi connectivity index (χ2v) is 8.53. The third kappa shape index (κ3) is 6.94. The van der Waals surface area contributed by atoms with Crippen molar-refractivity contribution in [2.75, 3.05) is 27.3 Å². The number of methoxy groups -OCH3 is 1. The largest absolute Gasteiger partial charge is 0.497 e. The van der Waals surface area contributed by atoms with Gasteiger partial charge in [-0.3, -0.25) is 9.59 Å². The predicted octanol–water partition coefficient (Wildman–Crippen LogP) is 3.23. The van der Waals surface area contributed by atoms with Crippen molar-refractivity contribution in [3.63, 3.8) is 0 Å². The Kier molecular flexibility index (Phi) is 8.68. The molecular formula is C24H34N4O5. The summed E-state index contributed by atoms with van der Waals surface area (Å²) in [6.07, 6.45) is 6.48. The van der Waals surface area contributed by atoms with Gasteiger partial charge < -0.3 is 24.2 Å². The van der Waals surface area contributed by atoms with Crippen molar-refractivity contribution in [1.29, 1.82) is 0 Å². The van der Waals surface area contributed by atoms with E-state index in [4.69, 9.17) is 14.0 Å². The molecule has 1 aliphatic rings. The van der Waals surface area contributed by atoms with Gasteiger partial charge in [0.15, 0.2) is 5.82 Å². The standard InChI is InChI=1S/C24H34N4O5/c1-18(29)26-24(14-6-4-5-7-15-24)23-25-21(33-27-23)12-13-22(30)28(2)16-17-32-20-10-8-19(31-3)9-11-20/h8-11H,4-7,12-17H2,1-3H3,(H,26,29). The zero-order chi connectivity index (χ0) is 23.7. The van der Waals surface area contributed by atoms with Crippen LogP contribution in [0.5, 0.6) is 11.5 Å². The number of nitrogens with zero attached hydrogens (tertiary/aromatic N) is 3. The molecule has 0 spiro atoms. The molecule has 9 heteroatoms. The van der Waals surface area contributed by atoms with Crippen molar-refractivity contribution in [3.8, 4) is 11.5 Å². The van der Waals surface area contributed by atoms with E-state index in [-0.39, 0.29) is 18.2 Å². The monoisotopic (exact) mass is 458 g/mol. The van der Waals surface area contributed by atoms with Gasteiger partial charge in [0.25, 0.3) is 0 Å². The zero-order valence-electron chi connectivity index (χ0n) is 19.8. The Morgan fingerprint density at radius 2 is 1.79 bits per heavy atom. The molecule has 1 fully saturated rings. The van der Waals surface area contributed by atoms with Crippen LogP contribution in [0, 0.1) is 0 Å². The summed E-state index contributed by atoms with van der Waals surface area (Å²) < 4.78 is 16.2. The summed E-state index contributed by atoms with van der Waals surface area (Å²) >= 11 is 0. The summed E-state index contributed by atoms with van der Waals surface area (Å²) in [6.45, 7) is 2.37. The number of amides is 2. The molecule has 0 aliphatic heterocycles. The minimum absolute atomic E-state index is 0.0286. The smallest absolute Gasteiger partial charge is 0.227 e. The Bertz CT molecular complexity index is 904. The summed E-state index contributed by atoms with van der Waals surface area (Å²) in [5.74, 6) is 2.29. The maximum Gasteiger partial charge on any atom is 0.227 e. The molecule has 0 bridgehead atoms. The zero-order valence-corrected chi connectivity index (χ0v) is 19.8. The van der Waals surface area contributed by atoms with Crippen LogP contribution in [0.1, 0.15) is 63.6 Å². The molecule has 1 aliphatic carbocycles. The fourth-order valence-corrected chi connectivity index (χ4v) is 4.13. The Hall–Kier alpha value is -3.10. The molecule has 9 nitrogen and oxygen atoms in total. The summed E-state index contributed by atoms with van der Waals surface area (Å²) in [4.78, 5) is 30.5. The van der Waals surface area contributed by atoms with E-state index >= 15 is 0 Å². The minimum atomic E-state index is -0.580. The quantitative estimate of drug-likeness (QED) is 0.545. The average Bonchev–Trinajstić information content (AvgIpc) is 3.17. The average molecular weight is 459 g/mol. The topological polar surface area (TPSA) is 107 Å². The van der Waals surface area contributed by atoms with E-state index in [1.807, 2.05) is 24.3 Å². The van der Waals surface area contributed by atoms with Crippen LogP contribution in [0.4, 0.5) is 0 Å². The van der Waals surface area contributed by atoms with E-state index < -0.39 is 5.54 Å². The van der Waals surface area contributed by atoms with E-state index in [0.717, 1.165) is 50.0 Å². The summed E-state index contributed by atoms with van der Waals surface area (Å²) in [6, 6.07) is 7.31. The second kappa shape index (κ2) is 11.7. The molecule has 0 radical (unpaired) electrons. The number of carbonyl (C=O) groups is 2. The first-order valence-corrected chi connectivity index (χ1v) is 11.5. The fourth-order valence-electron chi connectivity index (χ4n) is 4.13. The van der Waals surface area contributed by atoms with Gasteiger partial charge in [-0.05, 0) is 37.1 Å². The third-order valence-corrected chi connectivity index (χ3v) is 6.00. The second-order valence-electron chi connectivity index (χ2n) is 8.53. The Labute approximate surface area is 194 Å². The van der Waals surface area contributed by atoms with Crippen LogP contribution >= 0.6 is 0 Å². The van der Waals surface area contributed by atoms with Crippen LogP contribution < -0.4 is 14.8 Å². The molecular weight excluding hydrogens is 424 g/mol. The molecule has 0 saturated heterocycles. The van der Waals surface area contributed by atoms with E-state index in [9.17, 15) is 9.59 Å². The van der Waals surface area contributed by atoms with Crippen LogP contribution in [0.15, 0.2) is 28.8 Å². The van der Waals surface area contributed by atoms with Crippen LogP contribution in [0.25, 0.3) is 0 Å². The number of rotatable bonds is 10. The van der Waals surface area contributed by atoms with Crippen LogP contribution in [-0.2, 0) is 21.5 Å². The Balaban J connectivity index is 1.48. The highest BCUT2D eigenvalue weighted by Crippen LogP contribution is 2.34. The lowest BCUT2D eigenvalue weighted by Gasteiger charge is -2.30. The maximum absolute atomic E-state index is 12.5. The lowest BCUT2D eigenvalue weighted by atomic mass is 9.89. The minimum Gasteiger partial charge on any atom is -0.497 e. The van der Waals surface area contributed by atoms with Crippen LogP contribution in [0.2, 0.25) is 0 Å². The number of carbonyl (C=O) groups excluding carboxylic acids is 2. The van der Waals surface area contributed by atoms with E-state index in [0.29, 0.717) is 31.3 Å². The summed E-state index contributed by atoms with van der Waals surface area (Å²) in [7, 11) is 3.36. The van der Waals surface area contributed by atoms with Gasteiger partial charge in [-0.15, -0.1) is 0 Å². The lowest BCUT2D eigenvalue weighted by molar-refractivity contribution is -0.130. The first-order chi connectivity index (χ1) is 15.9. The number of nitrogens with one attached hydrogen (secondary N) is 1. The molecule has 2 amide bonds. The van der Waals surface area contributed by atoms with Crippen molar-refractivity contribution in [3.05, 3.63) is 36.0 Å². The first-order valence-electron chi connectivity index (χ1n) is 11.5. The van der Waals surface area contributed by atoms with Gasteiger partial charge in [-0.2, -0.15) is 4.98 Å². The summed E-state index contributed by atoms with van der Waals surface area (Å²) in [5.41, 5.74) is -0.580. The van der Waals surface area contributed by atoms with Gasteiger partial charge in [0.2, 0.25) is 17.7 Å². The number of aromatic nitrogens is 2. The highest BCUT2D eigenvalue weighted by atomic mass is 16.5. The van der Waals surface area contributed by atoms with Gasteiger partial charge in [-0.25, -0.2) is 0 Å². The highest BCUT2D eigenvalue weighted by molar-refractivity contribution is 5.76. The molecule has 1 heterocycles. The fraction of sp³-hybridized carbons (Fsp3) is 0.583. The Morgan fingerprint density at radius 3 is 2.42 bits per heavy atom. The number of benzene rings is 1. The number of ether oxygens (including phenoxy) is 2. The van der Waals surface area contributed by atoms with Crippen molar-refractivity contribution in [1.82, 2.24) is 20.4 Å². The van der Waals surface area contributed by atoms with E-state index in [1.54, 1.807) is 19.1 Å². The molecule has 180 valence electrons. The molecule has 0 unspecified atom stereocenters. The number of hydrogen-bond donors (Lipinski definition) is 1. The van der Waals surface area contributed by atoms with Crippen LogP contribution in [-0.4, -0.2) is 54.2 Å². The predicted molar refractivity (Wildman–Crippen MR) is 122 cm³/mol. The molecule has 2 aromatic rings. The maximum atomic E-state index is 12.5. The number of hydrogen-bond acceptors (Lipinski definition) is 7. The lowest BCUT2D eigenvalue weighted by Crippen LogP contribution is -2.45. The molecule has 0 atom stereocenters. The van der Waals surface area contributed by atoms with Gasteiger partial charge in [-0.1, -0.05) is 30.8 Å². The molecule has 1 aromatic carbocycles. The summed E-state index contributed by atoms with van der Waals surface area (Å²) in [5, 5.41) is 7.24. The molecule has 33 heavy (non-hydrogen) atoms. The molecule has 1 saturated carbocycles. The highest BCUT2D eigenvalue weighted by Gasteiger charge is 2.38. The van der Waals surface area contributed by atoms with Crippen molar-refractivity contribution < 1.29 is 23.6 Å². The van der Waals surface area contributed by atoms with Gasteiger partial charge >= 0.3 is 0 Å². The van der Waals surface area contributed by atoms with Gasteiger partial charge in [0.05, 0.1) is 13.7 Å². The third-order valence-electron chi connectivity index (χ3n) is 6.00. The Morgan fingerprint density at radius 1 is 1.12 bits per heavy atom. The van der Waals surface area contributed by atoms with Gasteiger partial charge in [0, 0.05) is 26.8 Å². The van der Waals surface area contributed by atoms with Gasteiger partial charge in [0.1, 0.15) is 23.6 Å². The normalized spacial score (nSPS) is 15.4. The molecule has 1 aromatic heterocycles. The molecule has 3 rings (SSSR count). The van der Waals surface area contributed by atoms with E-state index in [2.05, 4.69) is 15.5 Å². The molecule has 1 N–H and O–H groups in total. The van der Waals surface area contributed by atoms with Crippen molar-refractivity contribution in [2.45, 2.75) is 63.8 Å². The number of aryl methyl sites for hydroxylation is 1. The number of likely N-dealkylation sites (N-methyl/N-ethyl adjacent to an activating group) is 1. The first kappa shape index (κ1) is 24.5. The SMILES string of the molecule is COc1ccc(OCCN(C)C(=O)CCc2nc(C3(NC(C)=O)CCCCCC3)no2)cc1. The van der Waals surface area contributed by atoms with Crippen molar-refractivity contribution in [2.24, 2.45) is 0 Å². The van der Waals surface area contributed by atoms with Crippen LogP contribution in [0.3, 0.4) is 0 Å². The van der Waals surface area contributed by atoms with Crippen molar-refractivity contribution >= 4 is 11.8 Å². The van der Waals surface area contributed by atoms with E-state index in [1.165, 1.54) is 6.92 Å².